The summed E-state index contributed by atoms with van der Waals surface area (Å²) in [5.74, 6) is -0.680. The maximum Gasteiger partial charge on any atom is 0.231 e. The SMILES string of the molecule is CC(C)(C)CC(C)(C)C1C(=O)NC(=O)C1C(C)(C)C. The van der Waals surface area contributed by atoms with Gasteiger partial charge in [0.15, 0.2) is 0 Å². The Bertz CT molecular complexity index is 383. The zero-order valence-corrected chi connectivity index (χ0v) is 13.7. The molecular weight excluding hydrogens is 238 g/mol. The van der Waals surface area contributed by atoms with Crippen molar-refractivity contribution in [3.05, 3.63) is 0 Å². The van der Waals surface area contributed by atoms with Crippen molar-refractivity contribution in [1.29, 1.82) is 0 Å². The van der Waals surface area contributed by atoms with Crippen LogP contribution in [-0.2, 0) is 9.59 Å². The minimum Gasteiger partial charge on any atom is -0.296 e. The first-order chi connectivity index (χ1) is 8.26. The molecule has 110 valence electrons. The van der Waals surface area contributed by atoms with Crippen LogP contribution in [0.3, 0.4) is 0 Å². The van der Waals surface area contributed by atoms with E-state index in [0.29, 0.717) is 0 Å². The fourth-order valence-electron chi connectivity index (χ4n) is 3.76. The molecule has 2 unspecified atom stereocenters. The summed E-state index contributed by atoms with van der Waals surface area (Å²) < 4.78 is 0. The quantitative estimate of drug-likeness (QED) is 0.780. The van der Waals surface area contributed by atoms with Crippen molar-refractivity contribution in [2.75, 3.05) is 0 Å². The van der Waals surface area contributed by atoms with E-state index in [-0.39, 0.29) is 39.9 Å². The second-order valence-electron chi connectivity index (χ2n) is 8.90. The third-order valence-electron chi connectivity index (χ3n) is 3.91. The summed E-state index contributed by atoms with van der Waals surface area (Å²) in [7, 11) is 0. The highest BCUT2D eigenvalue weighted by atomic mass is 16.2. The van der Waals surface area contributed by atoms with Crippen LogP contribution in [0.15, 0.2) is 0 Å². The van der Waals surface area contributed by atoms with Crippen molar-refractivity contribution < 1.29 is 9.59 Å². The Balaban J connectivity index is 3.14. The molecule has 19 heavy (non-hydrogen) atoms. The first-order valence-corrected chi connectivity index (χ1v) is 7.10. The highest BCUT2D eigenvalue weighted by molar-refractivity contribution is 6.05. The Labute approximate surface area is 117 Å². The van der Waals surface area contributed by atoms with Crippen LogP contribution in [0, 0.1) is 28.1 Å². The molecule has 0 saturated carbocycles. The summed E-state index contributed by atoms with van der Waals surface area (Å²) in [5, 5.41) is 2.54. The first-order valence-electron chi connectivity index (χ1n) is 7.10. The number of rotatable bonds is 2. The second kappa shape index (κ2) is 4.60. The lowest BCUT2D eigenvalue weighted by molar-refractivity contribution is -0.128. The molecule has 0 aromatic rings. The van der Waals surface area contributed by atoms with Gasteiger partial charge in [-0.15, -0.1) is 0 Å². The molecular formula is C16H29NO2. The Hall–Kier alpha value is -0.860. The van der Waals surface area contributed by atoms with Crippen molar-refractivity contribution in [1.82, 2.24) is 5.32 Å². The molecule has 0 aromatic carbocycles. The average Bonchev–Trinajstić information content (AvgIpc) is 2.35. The fourth-order valence-corrected chi connectivity index (χ4v) is 3.76. The first kappa shape index (κ1) is 16.2. The number of nitrogens with one attached hydrogen (secondary N) is 1. The molecule has 1 fully saturated rings. The lowest BCUT2D eigenvalue weighted by Gasteiger charge is -2.41. The maximum atomic E-state index is 12.2. The van der Waals surface area contributed by atoms with Crippen LogP contribution in [0.1, 0.15) is 61.8 Å². The number of hydrogen-bond donors (Lipinski definition) is 1. The molecule has 1 rings (SSSR count). The predicted molar refractivity (Wildman–Crippen MR) is 77.4 cm³/mol. The van der Waals surface area contributed by atoms with Gasteiger partial charge in [-0.25, -0.2) is 0 Å². The molecule has 1 aliphatic rings. The Morgan fingerprint density at radius 3 is 1.63 bits per heavy atom. The topological polar surface area (TPSA) is 46.2 Å². The van der Waals surface area contributed by atoms with E-state index >= 15 is 0 Å². The van der Waals surface area contributed by atoms with Crippen molar-refractivity contribution >= 4 is 11.8 Å². The van der Waals surface area contributed by atoms with Crippen molar-refractivity contribution in [2.24, 2.45) is 28.1 Å². The summed E-state index contributed by atoms with van der Waals surface area (Å²) in [5.41, 5.74) is -0.250. The molecule has 2 atom stereocenters. The van der Waals surface area contributed by atoms with E-state index in [1.807, 2.05) is 20.8 Å². The number of amides is 2. The minimum atomic E-state index is -0.239. The average molecular weight is 267 g/mol. The van der Waals surface area contributed by atoms with Gasteiger partial charge in [0.2, 0.25) is 11.8 Å². The van der Waals surface area contributed by atoms with E-state index in [1.165, 1.54) is 0 Å². The molecule has 3 nitrogen and oxygen atoms in total. The van der Waals surface area contributed by atoms with Crippen LogP contribution < -0.4 is 5.32 Å². The van der Waals surface area contributed by atoms with E-state index in [4.69, 9.17) is 0 Å². The fraction of sp³-hybridized carbons (Fsp3) is 0.875. The smallest absolute Gasteiger partial charge is 0.231 e. The van der Waals surface area contributed by atoms with Crippen LogP contribution in [0.4, 0.5) is 0 Å². The molecule has 1 N–H and O–H groups in total. The molecule has 0 spiro atoms. The second-order valence-corrected chi connectivity index (χ2v) is 8.90. The monoisotopic (exact) mass is 267 g/mol. The van der Waals surface area contributed by atoms with E-state index in [0.717, 1.165) is 6.42 Å². The molecule has 0 bridgehead atoms. The van der Waals surface area contributed by atoms with E-state index in [2.05, 4.69) is 39.9 Å². The Morgan fingerprint density at radius 1 is 0.842 bits per heavy atom. The molecule has 0 aromatic heterocycles. The summed E-state index contributed by atoms with van der Waals surface area (Å²) in [6.07, 6.45) is 0.915. The molecule has 1 saturated heterocycles. The van der Waals surface area contributed by atoms with Gasteiger partial charge in [0.05, 0.1) is 11.8 Å². The van der Waals surface area contributed by atoms with Gasteiger partial charge in [0, 0.05) is 0 Å². The molecule has 1 heterocycles. The normalized spacial score (nSPS) is 25.7. The zero-order valence-electron chi connectivity index (χ0n) is 13.7. The van der Waals surface area contributed by atoms with Gasteiger partial charge in [-0.05, 0) is 22.7 Å². The zero-order chi connectivity index (χ0) is 15.2. The Morgan fingerprint density at radius 2 is 1.26 bits per heavy atom. The predicted octanol–water partition coefficient (Wildman–Crippen LogP) is 3.38. The van der Waals surface area contributed by atoms with Gasteiger partial charge in [0.1, 0.15) is 0 Å². The summed E-state index contributed by atoms with van der Waals surface area (Å²) in [4.78, 5) is 24.4. The molecule has 0 aliphatic carbocycles. The minimum absolute atomic E-state index is 0.0980. The number of hydrogen-bond acceptors (Lipinski definition) is 2. The maximum absolute atomic E-state index is 12.2. The van der Waals surface area contributed by atoms with E-state index in [1.54, 1.807) is 0 Å². The van der Waals surface area contributed by atoms with Gasteiger partial charge < -0.3 is 0 Å². The van der Waals surface area contributed by atoms with Gasteiger partial charge >= 0.3 is 0 Å². The number of carbonyl (C=O) groups excluding carboxylic acids is 2. The third kappa shape index (κ3) is 3.58. The molecule has 2 amide bonds. The highest BCUT2D eigenvalue weighted by Gasteiger charge is 2.54. The van der Waals surface area contributed by atoms with Gasteiger partial charge in [0.25, 0.3) is 0 Å². The summed E-state index contributed by atoms with van der Waals surface area (Å²) in [6.45, 7) is 16.9. The molecule has 0 radical (unpaired) electrons. The summed E-state index contributed by atoms with van der Waals surface area (Å²) >= 11 is 0. The standard InChI is InChI=1S/C16H29NO2/c1-14(2,3)9-16(7,8)11-10(15(4,5)6)12(18)17-13(11)19/h10-11H,9H2,1-8H3,(H,17,18,19). The molecule has 1 aliphatic heterocycles. The highest BCUT2D eigenvalue weighted by Crippen LogP contribution is 2.49. The lowest BCUT2D eigenvalue weighted by atomic mass is 9.61. The van der Waals surface area contributed by atoms with Crippen LogP contribution >= 0.6 is 0 Å². The van der Waals surface area contributed by atoms with Crippen LogP contribution in [0.25, 0.3) is 0 Å². The van der Waals surface area contributed by atoms with Gasteiger partial charge in [-0.1, -0.05) is 55.4 Å². The van der Waals surface area contributed by atoms with Crippen molar-refractivity contribution in [3.8, 4) is 0 Å². The van der Waals surface area contributed by atoms with Crippen molar-refractivity contribution in [2.45, 2.75) is 61.8 Å². The van der Waals surface area contributed by atoms with Gasteiger partial charge in [-0.2, -0.15) is 0 Å². The van der Waals surface area contributed by atoms with Crippen molar-refractivity contribution in [3.63, 3.8) is 0 Å². The lowest BCUT2D eigenvalue weighted by Crippen LogP contribution is -2.41. The largest absolute Gasteiger partial charge is 0.296 e. The van der Waals surface area contributed by atoms with Crippen LogP contribution in [-0.4, -0.2) is 11.8 Å². The van der Waals surface area contributed by atoms with E-state index < -0.39 is 0 Å². The number of carbonyl (C=O) groups is 2. The van der Waals surface area contributed by atoms with Crippen LogP contribution in [0.5, 0.6) is 0 Å². The van der Waals surface area contributed by atoms with E-state index in [9.17, 15) is 9.59 Å². The Kier molecular flexibility index (Phi) is 3.92. The summed E-state index contributed by atoms with van der Waals surface area (Å²) in [6, 6.07) is 0. The van der Waals surface area contributed by atoms with Crippen LogP contribution in [0.2, 0.25) is 0 Å². The third-order valence-corrected chi connectivity index (χ3v) is 3.91. The number of imide groups is 1. The molecule has 3 heteroatoms. The van der Waals surface area contributed by atoms with Gasteiger partial charge in [-0.3, -0.25) is 14.9 Å².